The largest absolute Gasteiger partial charge is 0.465 e. The van der Waals surface area contributed by atoms with Gasteiger partial charge in [0.2, 0.25) is 5.91 Å². The Labute approximate surface area is 209 Å². The van der Waals surface area contributed by atoms with Gasteiger partial charge in [-0.15, -0.1) is 0 Å². The summed E-state index contributed by atoms with van der Waals surface area (Å²) in [6, 6.07) is -0.269. The number of ketones is 1. The van der Waals surface area contributed by atoms with Crippen LogP contribution in [0.1, 0.15) is 112 Å². The second-order valence-electron chi connectivity index (χ2n) is 11.5. The number of carbonyl (C=O) groups excluding carboxylic acids is 3. The molecule has 3 atom stereocenters. The Morgan fingerprint density at radius 2 is 1.50 bits per heavy atom. The molecule has 1 unspecified atom stereocenters. The van der Waals surface area contributed by atoms with Gasteiger partial charge in [-0.05, 0) is 31.5 Å². The molecular weight excluding hydrogens is 446 g/mol. The topological polar surface area (TPSA) is 81.7 Å². The van der Waals surface area contributed by atoms with Crippen LogP contribution in [-0.4, -0.2) is 44.7 Å². The molecule has 0 bridgehead atoms. The highest BCUT2D eigenvalue weighted by atomic mass is 28.4. The van der Waals surface area contributed by atoms with E-state index in [2.05, 4.69) is 46.1 Å². The van der Waals surface area contributed by atoms with Crippen LogP contribution >= 0.6 is 0 Å². The van der Waals surface area contributed by atoms with Crippen LogP contribution in [0.2, 0.25) is 18.1 Å². The quantitative estimate of drug-likeness (QED) is 0.0787. The first-order chi connectivity index (χ1) is 15.9. The second-order valence-corrected chi connectivity index (χ2v) is 16.3. The van der Waals surface area contributed by atoms with Crippen LogP contribution in [0.15, 0.2) is 0 Å². The minimum Gasteiger partial charge on any atom is -0.465 e. The van der Waals surface area contributed by atoms with E-state index in [0.29, 0.717) is 6.61 Å². The zero-order chi connectivity index (χ0) is 25.8. The van der Waals surface area contributed by atoms with E-state index in [-0.39, 0.29) is 47.6 Å². The van der Waals surface area contributed by atoms with Crippen molar-refractivity contribution in [3.8, 4) is 0 Å². The van der Waals surface area contributed by atoms with E-state index in [1.807, 2.05) is 6.92 Å². The number of unbranched alkanes of at least 4 members (excludes halogenated alkanes) is 9. The molecule has 34 heavy (non-hydrogen) atoms. The highest BCUT2D eigenvalue weighted by Gasteiger charge is 2.47. The summed E-state index contributed by atoms with van der Waals surface area (Å²) < 4.78 is 11.6. The number of hydrogen-bond donors (Lipinski definition) is 1. The maximum absolute atomic E-state index is 12.4. The summed E-state index contributed by atoms with van der Waals surface area (Å²) in [4.78, 5) is 36.6. The second kappa shape index (κ2) is 15.0. The maximum Gasteiger partial charge on any atom is 0.313 e. The molecule has 1 heterocycles. The lowest BCUT2D eigenvalue weighted by Crippen LogP contribution is -2.64. The van der Waals surface area contributed by atoms with Gasteiger partial charge in [0.15, 0.2) is 8.32 Å². The molecule has 1 aliphatic heterocycles. The van der Waals surface area contributed by atoms with E-state index in [4.69, 9.17) is 9.16 Å². The molecule has 0 radical (unpaired) electrons. The van der Waals surface area contributed by atoms with Crippen LogP contribution in [-0.2, 0) is 23.5 Å². The highest BCUT2D eigenvalue weighted by Crippen LogP contribution is 2.39. The van der Waals surface area contributed by atoms with Gasteiger partial charge in [0.05, 0.1) is 18.6 Å². The number of Topliss-reactive ketones (excluding diaryl/α,β-unsaturated/α-hetero) is 1. The van der Waals surface area contributed by atoms with Gasteiger partial charge in [-0.3, -0.25) is 14.4 Å². The van der Waals surface area contributed by atoms with Gasteiger partial charge in [-0.1, -0.05) is 85.5 Å². The van der Waals surface area contributed by atoms with Gasteiger partial charge in [-0.2, -0.15) is 0 Å². The first kappa shape index (κ1) is 30.8. The molecule has 1 amide bonds. The average molecular weight is 498 g/mol. The van der Waals surface area contributed by atoms with Gasteiger partial charge in [0.25, 0.3) is 0 Å². The number of hydrogen-bond acceptors (Lipinski definition) is 5. The smallest absolute Gasteiger partial charge is 0.313 e. The average Bonchev–Trinajstić information content (AvgIpc) is 2.70. The molecule has 1 aliphatic rings. The molecule has 0 aliphatic carbocycles. The Morgan fingerprint density at radius 3 is 2.00 bits per heavy atom. The van der Waals surface area contributed by atoms with Crippen molar-refractivity contribution in [2.75, 3.05) is 6.61 Å². The maximum atomic E-state index is 12.4. The molecular formula is C27H51NO5Si. The monoisotopic (exact) mass is 497 g/mol. The minimum atomic E-state index is -2.01. The lowest BCUT2D eigenvalue weighted by molar-refractivity contribution is -0.146. The SMILES string of the molecule is CCCCCCCCCCCCOC(=O)CC(=O)CC1NC(=O)[C@@H]1[C@@H](C)O[Si](C)(C)C(C)(C)C. The fraction of sp³-hybridized carbons (Fsp3) is 0.889. The van der Waals surface area contributed by atoms with Crippen molar-refractivity contribution in [3.05, 3.63) is 0 Å². The zero-order valence-corrected chi connectivity index (χ0v) is 24.0. The lowest BCUT2D eigenvalue weighted by atomic mass is 9.83. The number of esters is 1. The van der Waals surface area contributed by atoms with Gasteiger partial charge in [0.1, 0.15) is 12.2 Å². The third-order valence-electron chi connectivity index (χ3n) is 7.41. The van der Waals surface area contributed by atoms with E-state index in [9.17, 15) is 14.4 Å². The molecule has 6 nitrogen and oxygen atoms in total. The predicted molar refractivity (Wildman–Crippen MR) is 140 cm³/mol. The summed E-state index contributed by atoms with van der Waals surface area (Å²) in [5.41, 5.74) is 0. The first-order valence-electron chi connectivity index (χ1n) is 13.5. The van der Waals surface area contributed by atoms with Crippen molar-refractivity contribution >= 4 is 26.0 Å². The van der Waals surface area contributed by atoms with Gasteiger partial charge in [0, 0.05) is 12.5 Å². The Kier molecular flexibility index (Phi) is 13.6. The van der Waals surface area contributed by atoms with Crippen LogP contribution in [0.4, 0.5) is 0 Å². The first-order valence-corrected chi connectivity index (χ1v) is 16.5. The molecule has 0 aromatic heterocycles. The molecule has 1 saturated heterocycles. The van der Waals surface area contributed by atoms with Crippen molar-refractivity contribution in [2.45, 2.75) is 142 Å². The van der Waals surface area contributed by atoms with E-state index in [1.54, 1.807) is 0 Å². The summed E-state index contributed by atoms with van der Waals surface area (Å²) in [5, 5.41) is 2.86. The van der Waals surface area contributed by atoms with Crippen LogP contribution in [0.5, 0.6) is 0 Å². The molecule has 1 N–H and O–H groups in total. The third-order valence-corrected chi connectivity index (χ3v) is 12.0. The van der Waals surface area contributed by atoms with Crippen LogP contribution in [0, 0.1) is 5.92 Å². The van der Waals surface area contributed by atoms with E-state index >= 15 is 0 Å². The number of carbonyl (C=O) groups is 3. The van der Waals surface area contributed by atoms with Crippen molar-refractivity contribution in [1.29, 1.82) is 0 Å². The van der Waals surface area contributed by atoms with Crippen molar-refractivity contribution in [3.63, 3.8) is 0 Å². The van der Waals surface area contributed by atoms with Crippen LogP contribution in [0.3, 0.4) is 0 Å². The summed E-state index contributed by atoms with van der Waals surface area (Å²) in [7, 11) is -2.01. The van der Waals surface area contributed by atoms with Crippen molar-refractivity contribution in [2.24, 2.45) is 5.92 Å². The number of β-lactam (4-membered cyclic amide) rings is 1. The number of nitrogens with one attached hydrogen (secondary N) is 1. The van der Waals surface area contributed by atoms with E-state index in [0.717, 1.165) is 12.8 Å². The van der Waals surface area contributed by atoms with Crippen LogP contribution in [0.25, 0.3) is 0 Å². The summed E-state index contributed by atoms with van der Waals surface area (Å²) in [5.74, 6) is -1.08. The summed E-state index contributed by atoms with van der Waals surface area (Å²) in [6.07, 6.45) is 11.9. The van der Waals surface area contributed by atoms with Gasteiger partial charge in [-0.25, -0.2) is 0 Å². The molecule has 0 aromatic carbocycles. The molecule has 0 spiro atoms. The minimum absolute atomic E-state index is 0.0464. The van der Waals surface area contributed by atoms with Crippen molar-refractivity contribution in [1.82, 2.24) is 5.32 Å². The fourth-order valence-electron chi connectivity index (χ4n) is 4.19. The number of ether oxygens (including phenoxy) is 1. The lowest BCUT2D eigenvalue weighted by Gasteiger charge is -2.45. The number of amides is 1. The molecule has 7 heteroatoms. The van der Waals surface area contributed by atoms with Gasteiger partial charge >= 0.3 is 5.97 Å². The third kappa shape index (κ3) is 11.0. The standard InChI is InChI=1S/C27H51NO5Si/c1-8-9-10-11-12-13-14-15-16-17-18-32-24(30)20-22(29)19-23-25(26(31)28-23)21(2)33-34(6,7)27(3,4)5/h21,23,25H,8-20H2,1-7H3,(H,28,31)/t21-,23?,25-/m1/s1. The molecule has 0 aromatic rings. The summed E-state index contributed by atoms with van der Waals surface area (Å²) in [6.45, 7) is 15.3. The molecule has 198 valence electrons. The van der Waals surface area contributed by atoms with Gasteiger partial charge < -0.3 is 14.5 Å². The Balaban J connectivity index is 2.21. The molecule has 1 rings (SSSR count). The van der Waals surface area contributed by atoms with Crippen molar-refractivity contribution < 1.29 is 23.5 Å². The predicted octanol–water partition coefficient (Wildman–Crippen LogP) is 6.32. The molecule has 1 fully saturated rings. The fourth-order valence-corrected chi connectivity index (χ4v) is 5.62. The van der Waals surface area contributed by atoms with Crippen LogP contribution < -0.4 is 5.32 Å². The number of rotatable bonds is 18. The van der Waals surface area contributed by atoms with E-state index in [1.165, 1.54) is 51.4 Å². The van der Waals surface area contributed by atoms with E-state index < -0.39 is 14.3 Å². The highest BCUT2D eigenvalue weighted by molar-refractivity contribution is 6.74. The Morgan fingerprint density at radius 1 is 0.971 bits per heavy atom. The Hall–Kier alpha value is -1.21. The zero-order valence-electron chi connectivity index (χ0n) is 23.0. The molecule has 0 saturated carbocycles. The Bertz CT molecular complexity index is 643. The summed E-state index contributed by atoms with van der Waals surface area (Å²) >= 11 is 0. The normalized spacial score (nSPS) is 19.3.